The minimum atomic E-state index is -0.407. The molecule has 0 bridgehead atoms. The normalized spacial score (nSPS) is 11.4. The Morgan fingerprint density at radius 2 is 1.87 bits per heavy atom. The summed E-state index contributed by atoms with van der Waals surface area (Å²) in [5.74, 6) is 0.660. The van der Waals surface area contributed by atoms with Crippen LogP contribution in [0.2, 0.25) is 0 Å². The number of carbonyl (C=O) groups excluding carboxylic acids is 2. The Hall–Kier alpha value is -3.19. The van der Waals surface area contributed by atoms with Crippen molar-refractivity contribution in [2.75, 3.05) is 5.32 Å². The predicted molar refractivity (Wildman–Crippen MR) is 119 cm³/mol. The molecule has 1 unspecified atom stereocenters. The lowest BCUT2D eigenvalue weighted by atomic mass is 10.0. The van der Waals surface area contributed by atoms with E-state index in [-0.39, 0.29) is 18.2 Å². The second-order valence-corrected chi connectivity index (χ2v) is 7.78. The Morgan fingerprint density at radius 1 is 1.10 bits per heavy atom. The minimum absolute atomic E-state index is 0.110. The molecule has 1 heterocycles. The highest BCUT2D eigenvalue weighted by Crippen LogP contribution is 2.24. The summed E-state index contributed by atoms with van der Waals surface area (Å²) in [6, 6.07) is 18.2. The van der Waals surface area contributed by atoms with Gasteiger partial charge in [0.25, 0.3) is 0 Å². The summed E-state index contributed by atoms with van der Waals surface area (Å²) >= 11 is 3.39. The largest absolute Gasteiger partial charge is 0.439 e. The van der Waals surface area contributed by atoms with Crippen LogP contribution in [-0.4, -0.2) is 16.8 Å². The summed E-state index contributed by atoms with van der Waals surface area (Å²) in [5, 5.41) is 5.65. The van der Waals surface area contributed by atoms with Crippen molar-refractivity contribution in [3.05, 3.63) is 82.5 Å². The van der Waals surface area contributed by atoms with E-state index in [4.69, 9.17) is 4.74 Å². The number of aryl methyl sites for hydroxylation is 1. The number of pyridine rings is 1. The van der Waals surface area contributed by atoms with E-state index in [1.165, 1.54) is 13.1 Å². The summed E-state index contributed by atoms with van der Waals surface area (Å²) in [4.78, 5) is 28.3. The molecular formula is C23H22BrN3O3. The fraction of sp³-hybridized carbons (Fsp3) is 0.174. The summed E-state index contributed by atoms with van der Waals surface area (Å²) in [6.45, 7) is 3.42. The molecule has 7 heteroatoms. The Balaban J connectivity index is 1.62. The van der Waals surface area contributed by atoms with Crippen molar-refractivity contribution in [2.45, 2.75) is 26.3 Å². The summed E-state index contributed by atoms with van der Waals surface area (Å²) < 4.78 is 6.60. The summed E-state index contributed by atoms with van der Waals surface area (Å²) in [5.41, 5.74) is 2.54. The second-order valence-electron chi connectivity index (χ2n) is 6.86. The average molecular weight is 468 g/mol. The van der Waals surface area contributed by atoms with Crippen LogP contribution in [0.4, 0.5) is 5.69 Å². The fourth-order valence-corrected chi connectivity index (χ4v) is 3.24. The van der Waals surface area contributed by atoms with Crippen molar-refractivity contribution in [2.24, 2.45) is 0 Å². The number of rotatable bonds is 7. The maximum Gasteiger partial charge on any atom is 0.226 e. The molecular weight excluding hydrogens is 446 g/mol. The molecule has 0 saturated carbocycles. The lowest BCUT2D eigenvalue weighted by molar-refractivity contribution is -0.120. The first-order valence-corrected chi connectivity index (χ1v) is 10.2. The summed E-state index contributed by atoms with van der Waals surface area (Å²) in [6.07, 6.45) is 1.64. The van der Waals surface area contributed by atoms with Crippen molar-refractivity contribution in [1.82, 2.24) is 10.3 Å². The quantitative estimate of drug-likeness (QED) is 0.503. The molecule has 30 heavy (non-hydrogen) atoms. The highest BCUT2D eigenvalue weighted by Gasteiger charge is 2.17. The van der Waals surface area contributed by atoms with Crippen LogP contribution in [0.1, 0.15) is 30.5 Å². The van der Waals surface area contributed by atoms with Crippen molar-refractivity contribution >= 4 is 33.4 Å². The van der Waals surface area contributed by atoms with Crippen molar-refractivity contribution in [3.63, 3.8) is 0 Å². The number of ether oxygens (including phenoxy) is 1. The fourth-order valence-electron chi connectivity index (χ4n) is 2.86. The van der Waals surface area contributed by atoms with Crippen LogP contribution in [0.5, 0.6) is 11.6 Å². The zero-order chi connectivity index (χ0) is 21.5. The zero-order valence-electron chi connectivity index (χ0n) is 16.7. The van der Waals surface area contributed by atoms with Gasteiger partial charge in [-0.25, -0.2) is 4.98 Å². The van der Waals surface area contributed by atoms with E-state index in [2.05, 4.69) is 31.5 Å². The van der Waals surface area contributed by atoms with E-state index in [9.17, 15) is 9.59 Å². The molecule has 2 aromatic carbocycles. The lowest BCUT2D eigenvalue weighted by Crippen LogP contribution is -2.29. The third-order valence-corrected chi connectivity index (χ3v) is 4.78. The molecule has 3 rings (SSSR count). The molecule has 3 aromatic rings. The van der Waals surface area contributed by atoms with Gasteiger partial charge in [0.05, 0.1) is 24.3 Å². The minimum Gasteiger partial charge on any atom is -0.439 e. The number of carbonyl (C=O) groups is 2. The van der Waals surface area contributed by atoms with Gasteiger partial charge in [-0.2, -0.15) is 0 Å². The maximum absolute atomic E-state index is 12.5. The Bertz CT molecular complexity index is 1020. The SMILES string of the molecule is CC(=O)NC(CC(=O)Nc1ccc(Oc2cccc(Br)c2)nc1)c1ccc(C)cc1. The van der Waals surface area contributed by atoms with Crippen LogP contribution in [0.3, 0.4) is 0 Å². The van der Waals surface area contributed by atoms with E-state index in [1.807, 2.05) is 55.5 Å². The number of hydrogen-bond acceptors (Lipinski definition) is 4. The number of nitrogens with zero attached hydrogens (tertiary/aromatic N) is 1. The molecule has 0 aliphatic heterocycles. The van der Waals surface area contributed by atoms with E-state index in [0.717, 1.165) is 15.6 Å². The number of benzene rings is 2. The first-order chi connectivity index (χ1) is 14.4. The number of hydrogen-bond donors (Lipinski definition) is 2. The van der Waals surface area contributed by atoms with Crippen LogP contribution in [0, 0.1) is 6.92 Å². The van der Waals surface area contributed by atoms with Gasteiger partial charge in [0.1, 0.15) is 5.75 Å². The van der Waals surface area contributed by atoms with Gasteiger partial charge in [-0.05, 0) is 36.8 Å². The molecule has 0 aliphatic carbocycles. The Kier molecular flexibility index (Phi) is 7.19. The third-order valence-electron chi connectivity index (χ3n) is 4.29. The molecule has 2 amide bonds. The monoisotopic (exact) mass is 467 g/mol. The predicted octanol–water partition coefficient (Wildman–Crippen LogP) is 5.15. The van der Waals surface area contributed by atoms with E-state index < -0.39 is 6.04 Å². The molecule has 1 aromatic heterocycles. The second kappa shape index (κ2) is 10.0. The molecule has 1 atom stereocenters. The molecule has 0 aliphatic rings. The van der Waals surface area contributed by atoms with Gasteiger partial charge in [0, 0.05) is 17.5 Å². The number of amides is 2. The molecule has 154 valence electrons. The highest BCUT2D eigenvalue weighted by molar-refractivity contribution is 9.10. The topological polar surface area (TPSA) is 80.3 Å². The highest BCUT2D eigenvalue weighted by atomic mass is 79.9. The maximum atomic E-state index is 12.5. The van der Waals surface area contributed by atoms with E-state index in [1.54, 1.807) is 12.1 Å². The molecule has 2 N–H and O–H groups in total. The Morgan fingerprint density at radius 3 is 2.50 bits per heavy atom. The van der Waals surface area contributed by atoms with Crippen LogP contribution >= 0.6 is 15.9 Å². The molecule has 0 spiro atoms. The third kappa shape index (κ3) is 6.42. The molecule has 0 radical (unpaired) electrons. The summed E-state index contributed by atoms with van der Waals surface area (Å²) in [7, 11) is 0. The number of aromatic nitrogens is 1. The number of anilines is 1. The zero-order valence-corrected chi connectivity index (χ0v) is 18.3. The van der Waals surface area contributed by atoms with Gasteiger partial charge in [0.15, 0.2) is 0 Å². The molecule has 0 fully saturated rings. The number of nitrogens with one attached hydrogen (secondary N) is 2. The first-order valence-electron chi connectivity index (χ1n) is 9.42. The van der Waals surface area contributed by atoms with Crippen molar-refractivity contribution < 1.29 is 14.3 Å². The van der Waals surface area contributed by atoms with E-state index >= 15 is 0 Å². The van der Waals surface area contributed by atoms with Crippen LogP contribution in [-0.2, 0) is 9.59 Å². The van der Waals surface area contributed by atoms with Gasteiger partial charge in [-0.3, -0.25) is 9.59 Å². The van der Waals surface area contributed by atoms with Crippen LogP contribution in [0.15, 0.2) is 71.3 Å². The van der Waals surface area contributed by atoms with Gasteiger partial charge >= 0.3 is 0 Å². The van der Waals surface area contributed by atoms with Crippen molar-refractivity contribution in [1.29, 1.82) is 0 Å². The smallest absolute Gasteiger partial charge is 0.226 e. The lowest BCUT2D eigenvalue weighted by Gasteiger charge is -2.18. The van der Waals surface area contributed by atoms with E-state index in [0.29, 0.717) is 17.3 Å². The molecule has 6 nitrogen and oxygen atoms in total. The molecule has 0 saturated heterocycles. The first kappa shape index (κ1) is 21.5. The number of halogens is 1. The Labute approximate surface area is 183 Å². The van der Waals surface area contributed by atoms with Crippen LogP contribution in [0.25, 0.3) is 0 Å². The van der Waals surface area contributed by atoms with Gasteiger partial charge in [0.2, 0.25) is 17.7 Å². The van der Waals surface area contributed by atoms with Gasteiger partial charge in [-0.1, -0.05) is 51.8 Å². The van der Waals surface area contributed by atoms with Crippen LogP contribution < -0.4 is 15.4 Å². The standard InChI is InChI=1S/C23H22BrN3O3/c1-15-6-8-17(9-7-15)21(26-16(2)28)13-22(29)27-19-10-11-23(25-14-19)30-20-5-3-4-18(24)12-20/h3-12,14,21H,13H2,1-2H3,(H,26,28)(H,27,29). The van der Waals surface area contributed by atoms with Gasteiger partial charge in [-0.15, -0.1) is 0 Å². The average Bonchev–Trinajstić information content (AvgIpc) is 2.69. The van der Waals surface area contributed by atoms with Gasteiger partial charge < -0.3 is 15.4 Å². The van der Waals surface area contributed by atoms with Crippen molar-refractivity contribution in [3.8, 4) is 11.6 Å².